The minimum atomic E-state index is -0.238. The van der Waals surface area contributed by atoms with Gasteiger partial charge in [-0.3, -0.25) is 4.79 Å². The second-order valence-electron chi connectivity index (χ2n) is 8.11. The number of morpholine rings is 1. The molecule has 172 valence electrons. The number of halogens is 1. The van der Waals surface area contributed by atoms with E-state index in [-0.39, 0.29) is 11.7 Å². The Hall–Kier alpha value is -2.91. The summed E-state index contributed by atoms with van der Waals surface area (Å²) in [5.41, 5.74) is 0.986. The lowest BCUT2D eigenvalue weighted by atomic mass is 10.2. The normalized spacial score (nSPS) is 16.9. The van der Waals surface area contributed by atoms with Crippen LogP contribution in [0.15, 0.2) is 53.6 Å². The van der Waals surface area contributed by atoms with Crippen LogP contribution in [0.2, 0.25) is 0 Å². The number of hydrogen-bond acceptors (Lipinski definition) is 7. The number of fused-ring (bicyclic) bond motifs is 1. The van der Waals surface area contributed by atoms with Gasteiger partial charge >= 0.3 is 0 Å². The van der Waals surface area contributed by atoms with E-state index in [1.807, 2.05) is 23.1 Å². The first-order valence-electron chi connectivity index (χ1n) is 11.2. The maximum absolute atomic E-state index is 13.2. The molecule has 0 unspecified atom stereocenters. The lowest BCUT2D eigenvalue weighted by Gasteiger charge is -2.36. The van der Waals surface area contributed by atoms with Gasteiger partial charge in [-0.05, 0) is 24.3 Å². The maximum atomic E-state index is 13.2. The van der Waals surface area contributed by atoms with Crippen molar-refractivity contribution in [1.82, 2.24) is 15.1 Å². The molecule has 2 fully saturated rings. The monoisotopic (exact) mass is 467 g/mol. The van der Waals surface area contributed by atoms with Crippen LogP contribution < -0.4 is 9.80 Å². The lowest BCUT2D eigenvalue weighted by molar-refractivity contribution is -0.128. The zero-order chi connectivity index (χ0) is 22.6. The number of ether oxygens (including phenoxy) is 1. The molecule has 1 aromatic heterocycles. The molecular weight excluding hydrogens is 441 g/mol. The van der Waals surface area contributed by atoms with E-state index in [2.05, 4.69) is 26.1 Å². The van der Waals surface area contributed by atoms with Gasteiger partial charge in [-0.25, -0.2) is 4.39 Å². The zero-order valence-corrected chi connectivity index (χ0v) is 19.1. The number of nitrogens with zero attached hydrogens (tertiary/aromatic N) is 5. The van der Waals surface area contributed by atoms with Gasteiger partial charge in [-0.2, -0.15) is 0 Å². The van der Waals surface area contributed by atoms with Crippen molar-refractivity contribution in [2.45, 2.75) is 5.03 Å². The number of benzene rings is 2. The largest absolute Gasteiger partial charge is 0.378 e. The smallest absolute Gasteiger partial charge is 0.233 e. The second kappa shape index (κ2) is 9.93. The lowest BCUT2D eigenvalue weighted by Crippen LogP contribution is -2.49. The fourth-order valence-electron chi connectivity index (χ4n) is 4.27. The fourth-order valence-corrected chi connectivity index (χ4v) is 5.14. The van der Waals surface area contributed by atoms with Crippen molar-refractivity contribution in [2.24, 2.45) is 0 Å². The molecule has 0 atom stereocenters. The van der Waals surface area contributed by atoms with Crippen molar-refractivity contribution in [2.75, 3.05) is 68.0 Å². The van der Waals surface area contributed by atoms with Crippen LogP contribution in [0.5, 0.6) is 0 Å². The summed E-state index contributed by atoms with van der Waals surface area (Å²) in [6.45, 7) is 5.75. The number of hydrogen-bond donors (Lipinski definition) is 0. The molecule has 2 aromatic carbocycles. The first-order chi connectivity index (χ1) is 16.2. The van der Waals surface area contributed by atoms with Gasteiger partial charge < -0.3 is 19.4 Å². The van der Waals surface area contributed by atoms with Crippen LogP contribution in [0.1, 0.15) is 0 Å². The third kappa shape index (κ3) is 4.89. The molecule has 2 aliphatic rings. The van der Waals surface area contributed by atoms with Crippen LogP contribution in [0.4, 0.5) is 15.9 Å². The average molecular weight is 468 g/mol. The van der Waals surface area contributed by atoms with E-state index in [1.54, 1.807) is 12.1 Å². The van der Waals surface area contributed by atoms with Crippen molar-refractivity contribution in [3.05, 3.63) is 54.3 Å². The minimum absolute atomic E-state index is 0.0990. The van der Waals surface area contributed by atoms with Crippen molar-refractivity contribution in [1.29, 1.82) is 0 Å². The molecule has 0 spiro atoms. The molecule has 0 radical (unpaired) electrons. The third-order valence-electron chi connectivity index (χ3n) is 6.10. The Morgan fingerprint density at radius 2 is 1.58 bits per heavy atom. The Morgan fingerprint density at radius 1 is 0.879 bits per heavy atom. The molecule has 0 N–H and O–H groups in total. The van der Waals surface area contributed by atoms with Gasteiger partial charge in [0.15, 0.2) is 5.82 Å². The highest BCUT2D eigenvalue weighted by atomic mass is 32.2. The molecule has 33 heavy (non-hydrogen) atoms. The predicted octanol–water partition coefficient (Wildman–Crippen LogP) is 3.05. The van der Waals surface area contributed by atoms with E-state index in [9.17, 15) is 9.18 Å². The van der Waals surface area contributed by atoms with Gasteiger partial charge in [-0.15, -0.1) is 10.2 Å². The Morgan fingerprint density at radius 3 is 2.30 bits per heavy atom. The van der Waals surface area contributed by atoms with Gasteiger partial charge in [0.2, 0.25) is 5.91 Å². The summed E-state index contributed by atoms with van der Waals surface area (Å²) in [7, 11) is 0. The Bertz CT molecular complexity index is 1120. The maximum Gasteiger partial charge on any atom is 0.233 e. The quantitative estimate of drug-likeness (QED) is 0.535. The Balaban J connectivity index is 1.22. The molecule has 0 aliphatic carbocycles. The standard InChI is InChI=1S/C24H26FN5O2S/c25-18-5-7-19(8-6-18)28-9-11-29(12-10-28)22(31)17-33-24-21-4-2-1-3-20(21)23(26-27-24)30-13-15-32-16-14-30/h1-8H,9-17H2. The van der Waals surface area contributed by atoms with Crippen molar-refractivity contribution in [3.8, 4) is 0 Å². The van der Waals surface area contributed by atoms with Crippen molar-refractivity contribution >= 4 is 39.9 Å². The van der Waals surface area contributed by atoms with Gasteiger partial charge in [0, 0.05) is 55.7 Å². The first-order valence-corrected chi connectivity index (χ1v) is 12.2. The number of anilines is 2. The van der Waals surface area contributed by atoms with Gasteiger partial charge in [0.25, 0.3) is 0 Å². The summed E-state index contributed by atoms with van der Waals surface area (Å²) in [6, 6.07) is 14.6. The molecule has 5 rings (SSSR count). The van der Waals surface area contributed by atoms with E-state index in [0.717, 1.165) is 53.5 Å². The van der Waals surface area contributed by atoms with Crippen LogP contribution in [0.25, 0.3) is 10.8 Å². The van der Waals surface area contributed by atoms with Gasteiger partial charge in [0.1, 0.15) is 10.8 Å². The van der Waals surface area contributed by atoms with E-state index in [1.165, 1.54) is 23.9 Å². The van der Waals surface area contributed by atoms with E-state index < -0.39 is 0 Å². The fraction of sp³-hybridized carbons (Fsp3) is 0.375. The molecule has 2 aliphatic heterocycles. The molecule has 1 amide bonds. The highest BCUT2D eigenvalue weighted by Gasteiger charge is 2.23. The molecular formula is C24H26FN5O2S. The molecule has 9 heteroatoms. The zero-order valence-electron chi connectivity index (χ0n) is 18.3. The number of amides is 1. The van der Waals surface area contributed by atoms with Crippen molar-refractivity contribution in [3.63, 3.8) is 0 Å². The Kier molecular flexibility index (Phi) is 6.59. The average Bonchev–Trinajstić information content (AvgIpc) is 2.88. The molecule has 3 aromatic rings. The first kappa shape index (κ1) is 21.9. The van der Waals surface area contributed by atoms with Gasteiger partial charge in [-0.1, -0.05) is 36.0 Å². The van der Waals surface area contributed by atoms with Crippen LogP contribution in [-0.4, -0.2) is 79.2 Å². The van der Waals surface area contributed by atoms with Crippen LogP contribution in [0, 0.1) is 5.82 Å². The van der Waals surface area contributed by atoms with Crippen LogP contribution >= 0.6 is 11.8 Å². The summed E-state index contributed by atoms with van der Waals surface area (Å²) < 4.78 is 18.6. The number of carbonyl (C=O) groups is 1. The summed E-state index contributed by atoms with van der Waals surface area (Å²) >= 11 is 1.44. The summed E-state index contributed by atoms with van der Waals surface area (Å²) in [4.78, 5) is 19.2. The predicted molar refractivity (Wildman–Crippen MR) is 128 cm³/mol. The number of rotatable bonds is 5. The van der Waals surface area contributed by atoms with E-state index in [4.69, 9.17) is 4.74 Å². The summed E-state index contributed by atoms with van der Waals surface area (Å²) in [5, 5.41) is 11.8. The Labute approximate surface area is 196 Å². The number of aromatic nitrogens is 2. The molecule has 2 saturated heterocycles. The van der Waals surface area contributed by atoms with Gasteiger partial charge in [0.05, 0.1) is 19.0 Å². The van der Waals surface area contributed by atoms with Crippen molar-refractivity contribution < 1.29 is 13.9 Å². The van der Waals surface area contributed by atoms with Crippen LogP contribution in [-0.2, 0) is 9.53 Å². The second-order valence-corrected chi connectivity index (χ2v) is 9.07. The summed E-state index contributed by atoms with van der Waals surface area (Å²) in [5.74, 6) is 1.06. The highest BCUT2D eigenvalue weighted by Crippen LogP contribution is 2.31. The minimum Gasteiger partial charge on any atom is -0.378 e. The molecule has 3 heterocycles. The van der Waals surface area contributed by atoms with E-state index >= 15 is 0 Å². The summed E-state index contributed by atoms with van der Waals surface area (Å²) in [6.07, 6.45) is 0. The molecule has 0 bridgehead atoms. The number of thioether (sulfide) groups is 1. The molecule has 7 nitrogen and oxygen atoms in total. The third-order valence-corrected chi connectivity index (χ3v) is 7.07. The molecule has 0 saturated carbocycles. The number of carbonyl (C=O) groups excluding carboxylic acids is 1. The highest BCUT2D eigenvalue weighted by molar-refractivity contribution is 8.00. The number of piperazine rings is 1. The SMILES string of the molecule is O=C(CSc1nnc(N2CCOCC2)c2ccccc12)N1CCN(c2ccc(F)cc2)CC1. The topological polar surface area (TPSA) is 61.8 Å². The van der Waals surface area contributed by atoms with E-state index in [0.29, 0.717) is 32.1 Å². The van der Waals surface area contributed by atoms with Crippen LogP contribution in [0.3, 0.4) is 0 Å².